The summed E-state index contributed by atoms with van der Waals surface area (Å²) in [5.74, 6) is -0.0698. The fourth-order valence-corrected chi connectivity index (χ4v) is 5.62. The highest BCUT2D eigenvalue weighted by molar-refractivity contribution is 8.00. The van der Waals surface area contributed by atoms with Crippen molar-refractivity contribution in [2.45, 2.75) is 30.4 Å². The lowest BCUT2D eigenvalue weighted by atomic mass is 10.1. The maximum Gasteiger partial charge on any atom is 0.272 e. The lowest BCUT2D eigenvalue weighted by Gasteiger charge is -2.16. The van der Waals surface area contributed by atoms with Crippen LogP contribution in [0.25, 0.3) is 6.08 Å². The van der Waals surface area contributed by atoms with Gasteiger partial charge in [0.15, 0.2) is 17.3 Å². The van der Waals surface area contributed by atoms with Crippen molar-refractivity contribution in [1.29, 1.82) is 0 Å². The van der Waals surface area contributed by atoms with Crippen LogP contribution in [0.15, 0.2) is 102 Å². The van der Waals surface area contributed by atoms with Gasteiger partial charge in [0.05, 0.1) is 26.6 Å². The molecule has 0 aliphatic rings. The molecule has 3 N–H and O–H groups in total. The quantitative estimate of drug-likeness (QED) is 0.0757. The van der Waals surface area contributed by atoms with Crippen molar-refractivity contribution in [3.63, 3.8) is 0 Å². The van der Waals surface area contributed by atoms with Gasteiger partial charge in [0.25, 0.3) is 11.8 Å². The molecule has 10 nitrogen and oxygen atoms in total. The number of ether oxygens (including phenoxy) is 3. The average Bonchev–Trinajstić information content (AvgIpc) is 3.10. The zero-order valence-corrected chi connectivity index (χ0v) is 28.1. The highest BCUT2D eigenvalue weighted by atomic mass is 32.2. The Bertz CT molecular complexity index is 1810. The van der Waals surface area contributed by atoms with E-state index in [4.69, 9.17) is 14.2 Å². The number of benzene rings is 4. The predicted molar refractivity (Wildman–Crippen MR) is 188 cm³/mol. The third-order valence-electron chi connectivity index (χ3n) is 7.16. The van der Waals surface area contributed by atoms with E-state index in [1.807, 2.05) is 13.0 Å². The van der Waals surface area contributed by atoms with Crippen molar-refractivity contribution in [3.05, 3.63) is 113 Å². The molecule has 4 aromatic rings. The molecule has 4 rings (SSSR count). The molecule has 0 saturated heterocycles. The summed E-state index contributed by atoms with van der Waals surface area (Å²) in [6.45, 7) is 3.40. The lowest BCUT2D eigenvalue weighted by molar-refractivity contribution is -0.116. The van der Waals surface area contributed by atoms with Crippen molar-refractivity contribution in [2.24, 2.45) is 0 Å². The van der Waals surface area contributed by atoms with E-state index in [0.717, 1.165) is 4.90 Å². The summed E-state index contributed by atoms with van der Waals surface area (Å²) in [5, 5.41) is 8.07. The van der Waals surface area contributed by atoms with Crippen molar-refractivity contribution in [1.82, 2.24) is 5.32 Å². The van der Waals surface area contributed by atoms with Crippen molar-refractivity contribution in [3.8, 4) is 17.2 Å². The highest BCUT2D eigenvalue weighted by Crippen LogP contribution is 2.36. The Hall–Kier alpha value is -5.55. The Labute approximate surface area is 283 Å². The highest BCUT2D eigenvalue weighted by Gasteiger charge is 2.20. The van der Waals surface area contributed by atoms with Crippen LogP contribution in [0.2, 0.25) is 0 Å². The molecule has 0 aliphatic carbocycles. The van der Waals surface area contributed by atoms with Crippen LogP contribution >= 0.6 is 11.8 Å². The number of hydrogen-bond donors (Lipinski definition) is 3. The van der Waals surface area contributed by atoms with E-state index in [2.05, 4.69) is 16.0 Å². The van der Waals surface area contributed by atoms with E-state index >= 15 is 0 Å². The summed E-state index contributed by atoms with van der Waals surface area (Å²) < 4.78 is 16.4. The van der Waals surface area contributed by atoms with Crippen LogP contribution in [0, 0.1) is 0 Å². The van der Waals surface area contributed by atoms with E-state index in [-0.39, 0.29) is 17.4 Å². The number of amides is 3. The smallest absolute Gasteiger partial charge is 0.272 e. The standard InChI is InChI=1S/C37H37N3O7S/c1-6-34(37(44)38-27-17-15-24(16-18-27)23(2)41)48-29-14-10-13-28(21-29)39-36(43)30(40-35(42)25-11-8-7-9-12-25)19-26-20-32(46-4)33(47-5)22-31(26)45-3/h7-22,34H,6H2,1-5H3,(H,38,44)(H,39,43)(H,40,42)/b30-19+. The Morgan fingerprint density at radius 2 is 1.40 bits per heavy atom. The maximum atomic E-state index is 13.7. The van der Waals surface area contributed by atoms with E-state index < -0.39 is 17.1 Å². The van der Waals surface area contributed by atoms with Gasteiger partial charge in [-0.05, 0) is 80.1 Å². The number of methoxy groups -OCH3 is 3. The topological polar surface area (TPSA) is 132 Å². The van der Waals surface area contributed by atoms with Gasteiger partial charge in [-0.1, -0.05) is 31.2 Å². The van der Waals surface area contributed by atoms with Crippen LogP contribution in [0.1, 0.15) is 46.5 Å². The normalized spacial score (nSPS) is 11.6. The number of rotatable bonds is 14. The van der Waals surface area contributed by atoms with Crippen LogP contribution < -0.4 is 30.2 Å². The molecular weight excluding hydrogens is 630 g/mol. The number of ketones is 1. The molecule has 0 fully saturated rings. The van der Waals surface area contributed by atoms with E-state index in [0.29, 0.717) is 51.7 Å². The number of anilines is 2. The van der Waals surface area contributed by atoms with Crippen LogP contribution in [0.5, 0.6) is 17.2 Å². The molecule has 1 atom stereocenters. The van der Waals surface area contributed by atoms with Gasteiger partial charge < -0.3 is 30.2 Å². The third kappa shape index (κ3) is 9.26. The molecular formula is C37H37N3O7S. The van der Waals surface area contributed by atoms with Gasteiger partial charge >= 0.3 is 0 Å². The first kappa shape index (κ1) is 35.3. The minimum atomic E-state index is -0.586. The molecule has 0 saturated carbocycles. The average molecular weight is 668 g/mol. The lowest BCUT2D eigenvalue weighted by Crippen LogP contribution is -2.30. The number of carbonyl (C=O) groups is 4. The zero-order valence-electron chi connectivity index (χ0n) is 27.3. The molecule has 11 heteroatoms. The summed E-state index contributed by atoms with van der Waals surface area (Å²) in [6, 6.07) is 25.6. The second-order valence-electron chi connectivity index (χ2n) is 10.4. The number of carbonyl (C=O) groups excluding carboxylic acids is 4. The maximum absolute atomic E-state index is 13.7. The molecule has 0 aromatic heterocycles. The molecule has 0 heterocycles. The van der Waals surface area contributed by atoms with Crippen LogP contribution in [-0.2, 0) is 9.59 Å². The minimum Gasteiger partial charge on any atom is -0.496 e. The first-order chi connectivity index (χ1) is 23.1. The molecule has 248 valence electrons. The molecule has 0 radical (unpaired) electrons. The summed E-state index contributed by atoms with van der Waals surface area (Å²) in [6.07, 6.45) is 2.04. The fraction of sp³-hybridized carbons (Fsp3) is 0.189. The number of hydrogen-bond acceptors (Lipinski definition) is 8. The molecule has 0 aliphatic heterocycles. The summed E-state index contributed by atoms with van der Waals surface area (Å²) in [4.78, 5) is 52.3. The largest absolute Gasteiger partial charge is 0.496 e. The Balaban J connectivity index is 1.57. The number of nitrogens with one attached hydrogen (secondary N) is 3. The van der Waals surface area contributed by atoms with Crippen molar-refractivity contribution >= 4 is 52.7 Å². The van der Waals surface area contributed by atoms with Crippen molar-refractivity contribution < 1.29 is 33.4 Å². The fourth-order valence-electron chi connectivity index (χ4n) is 4.61. The van der Waals surface area contributed by atoms with E-state index in [9.17, 15) is 19.2 Å². The second kappa shape index (κ2) is 16.8. The SMILES string of the molecule is CCC(Sc1cccc(NC(=O)/C(=C\c2cc(OC)c(OC)cc2OC)NC(=O)c2ccccc2)c1)C(=O)Nc1ccc(C(C)=O)cc1. The number of Topliss-reactive ketones (excluding diaryl/α,β-unsaturated/α-hetero) is 1. The summed E-state index contributed by atoms with van der Waals surface area (Å²) in [7, 11) is 4.48. The zero-order chi connectivity index (χ0) is 34.6. The first-order valence-corrected chi connectivity index (χ1v) is 15.9. The van der Waals surface area contributed by atoms with Gasteiger partial charge in [-0.2, -0.15) is 0 Å². The molecule has 0 bridgehead atoms. The van der Waals surface area contributed by atoms with Crippen molar-refractivity contribution in [2.75, 3.05) is 32.0 Å². The summed E-state index contributed by atoms with van der Waals surface area (Å²) >= 11 is 1.35. The molecule has 4 aromatic carbocycles. The Morgan fingerprint density at radius 3 is 2.02 bits per heavy atom. The second-order valence-corrected chi connectivity index (χ2v) is 11.7. The Morgan fingerprint density at radius 1 is 0.729 bits per heavy atom. The van der Waals surface area contributed by atoms with Crippen LogP contribution in [0.3, 0.4) is 0 Å². The van der Waals surface area contributed by atoms with Gasteiger partial charge in [-0.3, -0.25) is 19.2 Å². The molecule has 0 spiro atoms. The predicted octanol–water partition coefficient (Wildman–Crippen LogP) is 6.83. The van der Waals surface area contributed by atoms with E-state index in [1.165, 1.54) is 46.1 Å². The molecule has 48 heavy (non-hydrogen) atoms. The van der Waals surface area contributed by atoms with Gasteiger partial charge in [-0.25, -0.2) is 0 Å². The van der Waals surface area contributed by atoms with Crippen LogP contribution in [0.4, 0.5) is 11.4 Å². The number of thioether (sulfide) groups is 1. The van der Waals surface area contributed by atoms with Gasteiger partial charge in [0, 0.05) is 39.0 Å². The monoisotopic (exact) mass is 667 g/mol. The Kier molecular flexibility index (Phi) is 12.4. The van der Waals surface area contributed by atoms with Gasteiger partial charge in [0.1, 0.15) is 11.4 Å². The van der Waals surface area contributed by atoms with E-state index in [1.54, 1.807) is 84.9 Å². The minimum absolute atomic E-state index is 0.0472. The van der Waals surface area contributed by atoms with Gasteiger partial charge in [0.2, 0.25) is 5.91 Å². The van der Waals surface area contributed by atoms with Crippen LogP contribution in [-0.4, -0.2) is 50.1 Å². The molecule has 1 unspecified atom stereocenters. The molecule has 3 amide bonds. The first-order valence-electron chi connectivity index (χ1n) is 15.0. The van der Waals surface area contributed by atoms with Gasteiger partial charge in [-0.15, -0.1) is 11.8 Å². The summed E-state index contributed by atoms with van der Waals surface area (Å²) in [5.41, 5.74) is 2.40. The third-order valence-corrected chi connectivity index (χ3v) is 8.51.